The first-order valence-electron chi connectivity index (χ1n) is 8.93. The van der Waals surface area contributed by atoms with Crippen molar-refractivity contribution in [1.82, 2.24) is 5.32 Å². The molecule has 140 valence electrons. The highest BCUT2D eigenvalue weighted by molar-refractivity contribution is 5.90. The van der Waals surface area contributed by atoms with E-state index in [0.717, 1.165) is 23.2 Å². The average Bonchev–Trinajstić information content (AvgIpc) is 2.67. The Bertz CT molecular complexity index is 731. The smallest absolute Gasteiger partial charge is 0.319 e. The van der Waals surface area contributed by atoms with Gasteiger partial charge in [0, 0.05) is 12.2 Å². The topological polar surface area (TPSA) is 59.6 Å². The van der Waals surface area contributed by atoms with Crippen molar-refractivity contribution in [3.05, 3.63) is 53.6 Å². The minimum absolute atomic E-state index is 0.193. The monoisotopic (exact) mass is 356 g/mol. The van der Waals surface area contributed by atoms with E-state index in [-0.39, 0.29) is 6.03 Å². The van der Waals surface area contributed by atoms with E-state index in [0.29, 0.717) is 30.4 Å². The van der Waals surface area contributed by atoms with Gasteiger partial charge in [-0.15, -0.1) is 0 Å². The summed E-state index contributed by atoms with van der Waals surface area (Å²) in [5.41, 5.74) is 3.10. The van der Waals surface area contributed by atoms with Gasteiger partial charge in [0.05, 0.1) is 14.2 Å². The second kappa shape index (κ2) is 9.70. The van der Waals surface area contributed by atoms with Crippen LogP contribution in [0.15, 0.2) is 42.5 Å². The SMILES string of the molecule is CCC(C)c1ccccc1NC(=O)NCCc1ccc(OC)c(OC)c1. The van der Waals surface area contributed by atoms with E-state index in [2.05, 4.69) is 30.5 Å². The lowest BCUT2D eigenvalue weighted by atomic mass is 9.97. The molecule has 5 nitrogen and oxygen atoms in total. The fraction of sp³-hybridized carbons (Fsp3) is 0.381. The summed E-state index contributed by atoms with van der Waals surface area (Å²) in [6, 6.07) is 13.5. The largest absolute Gasteiger partial charge is 0.493 e. The molecule has 0 aliphatic heterocycles. The van der Waals surface area contributed by atoms with E-state index < -0.39 is 0 Å². The van der Waals surface area contributed by atoms with Crippen LogP contribution in [0.4, 0.5) is 10.5 Å². The minimum atomic E-state index is -0.193. The maximum Gasteiger partial charge on any atom is 0.319 e. The second-order valence-electron chi connectivity index (χ2n) is 6.22. The molecule has 0 fully saturated rings. The molecule has 2 aromatic carbocycles. The van der Waals surface area contributed by atoms with Crippen LogP contribution in [0.25, 0.3) is 0 Å². The summed E-state index contributed by atoms with van der Waals surface area (Å²) in [4.78, 5) is 12.2. The summed E-state index contributed by atoms with van der Waals surface area (Å²) in [5.74, 6) is 1.79. The molecule has 2 aromatic rings. The Morgan fingerprint density at radius 1 is 1.08 bits per heavy atom. The number of amides is 2. The van der Waals surface area contributed by atoms with E-state index >= 15 is 0 Å². The summed E-state index contributed by atoms with van der Waals surface area (Å²) in [5, 5.41) is 5.87. The van der Waals surface area contributed by atoms with Crippen LogP contribution in [0, 0.1) is 0 Å². The zero-order valence-corrected chi connectivity index (χ0v) is 16.0. The van der Waals surface area contributed by atoms with Crippen LogP contribution < -0.4 is 20.1 Å². The number of nitrogens with one attached hydrogen (secondary N) is 2. The number of ether oxygens (including phenoxy) is 2. The predicted octanol–water partition coefficient (Wildman–Crippen LogP) is 4.58. The van der Waals surface area contributed by atoms with Crippen molar-refractivity contribution in [3.8, 4) is 11.5 Å². The molecule has 1 atom stereocenters. The summed E-state index contributed by atoms with van der Waals surface area (Å²) in [6.45, 7) is 4.84. The Morgan fingerprint density at radius 2 is 1.81 bits per heavy atom. The second-order valence-corrected chi connectivity index (χ2v) is 6.22. The van der Waals surface area contributed by atoms with Gasteiger partial charge in [-0.05, 0) is 48.1 Å². The lowest BCUT2D eigenvalue weighted by molar-refractivity contribution is 0.252. The van der Waals surface area contributed by atoms with Gasteiger partial charge in [0.15, 0.2) is 11.5 Å². The third kappa shape index (κ3) is 5.15. The van der Waals surface area contributed by atoms with E-state index in [1.54, 1.807) is 14.2 Å². The number of hydrogen-bond acceptors (Lipinski definition) is 3. The highest BCUT2D eigenvalue weighted by atomic mass is 16.5. The normalized spacial score (nSPS) is 11.5. The van der Waals surface area contributed by atoms with Crippen LogP contribution in [0.1, 0.15) is 37.3 Å². The molecule has 5 heteroatoms. The first-order chi connectivity index (χ1) is 12.6. The third-order valence-electron chi connectivity index (χ3n) is 4.50. The number of rotatable bonds is 8. The molecule has 26 heavy (non-hydrogen) atoms. The predicted molar refractivity (Wildman–Crippen MR) is 105 cm³/mol. The highest BCUT2D eigenvalue weighted by Crippen LogP contribution is 2.28. The number of anilines is 1. The van der Waals surface area contributed by atoms with Gasteiger partial charge in [0.2, 0.25) is 0 Å². The summed E-state index contributed by atoms with van der Waals surface area (Å²) < 4.78 is 10.5. The van der Waals surface area contributed by atoms with Crippen LogP contribution in [0.5, 0.6) is 11.5 Å². The van der Waals surface area contributed by atoms with Crippen molar-refractivity contribution in [2.24, 2.45) is 0 Å². The zero-order valence-electron chi connectivity index (χ0n) is 16.0. The van der Waals surface area contributed by atoms with Gasteiger partial charge in [-0.2, -0.15) is 0 Å². The fourth-order valence-corrected chi connectivity index (χ4v) is 2.78. The van der Waals surface area contributed by atoms with Gasteiger partial charge in [-0.1, -0.05) is 38.1 Å². The first-order valence-corrected chi connectivity index (χ1v) is 8.93. The maximum atomic E-state index is 12.2. The molecule has 0 aliphatic rings. The molecular formula is C21H28N2O3. The molecule has 0 saturated carbocycles. The number of carbonyl (C=O) groups excluding carboxylic acids is 1. The number of hydrogen-bond donors (Lipinski definition) is 2. The molecule has 2 amide bonds. The maximum absolute atomic E-state index is 12.2. The summed E-state index contributed by atoms with van der Waals surface area (Å²) in [6.07, 6.45) is 1.74. The van der Waals surface area contributed by atoms with Gasteiger partial charge >= 0.3 is 6.03 Å². The molecule has 0 heterocycles. The van der Waals surface area contributed by atoms with Gasteiger partial charge in [0.25, 0.3) is 0 Å². The first kappa shape index (κ1) is 19.6. The molecular weight excluding hydrogens is 328 g/mol. The molecule has 0 spiro atoms. The summed E-state index contributed by atoms with van der Waals surface area (Å²) in [7, 11) is 3.22. The van der Waals surface area contributed by atoms with Gasteiger partial charge in [-0.25, -0.2) is 4.79 Å². The minimum Gasteiger partial charge on any atom is -0.493 e. The highest BCUT2D eigenvalue weighted by Gasteiger charge is 2.11. The van der Waals surface area contributed by atoms with E-state index in [9.17, 15) is 4.79 Å². The Balaban J connectivity index is 1.90. The zero-order chi connectivity index (χ0) is 18.9. The standard InChI is InChI=1S/C21H28N2O3/c1-5-15(2)17-8-6-7-9-18(17)23-21(24)22-13-12-16-10-11-19(25-3)20(14-16)26-4/h6-11,14-15H,5,12-13H2,1-4H3,(H2,22,23,24). The van der Waals surface area contributed by atoms with Gasteiger partial charge < -0.3 is 20.1 Å². The van der Waals surface area contributed by atoms with Crippen molar-refractivity contribution < 1.29 is 14.3 Å². The quantitative estimate of drug-likeness (QED) is 0.728. The molecule has 2 rings (SSSR count). The lowest BCUT2D eigenvalue weighted by Crippen LogP contribution is -2.30. The molecule has 0 saturated heterocycles. The molecule has 0 bridgehead atoms. The molecule has 0 aromatic heterocycles. The molecule has 1 unspecified atom stereocenters. The van der Waals surface area contributed by atoms with Gasteiger partial charge in [-0.3, -0.25) is 0 Å². The Morgan fingerprint density at radius 3 is 2.50 bits per heavy atom. The van der Waals surface area contributed by atoms with Crippen molar-refractivity contribution in [1.29, 1.82) is 0 Å². The van der Waals surface area contributed by atoms with E-state index in [4.69, 9.17) is 9.47 Å². The van der Waals surface area contributed by atoms with Crippen molar-refractivity contribution in [2.45, 2.75) is 32.6 Å². The van der Waals surface area contributed by atoms with Crippen LogP contribution in [0.2, 0.25) is 0 Å². The number of methoxy groups -OCH3 is 2. The van der Waals surface area contributed by atoms with Crippen LogP contribution in [0.3, 0.4) is 0 Å². The third-order valence-corrected chi connectivity index (χ3v) is 4.50. The number of urea groups is 1. The number of benzene rings is 2. The van der Waals surface area contributed by atoms with Crippen molar-refractivity contribution in [3.63, 3.8) is 0 Å². The van der Waals surface area contributed by atoms with Crippen molar-refractivity contribution >= 4 is 11.7 Å². The Hall–Kier alpha value is -2.69. The van der Waals surface area contributed by atoms with Crippen LogP contribution >= 0.6 is 0 Å². The average molecular weight is 356 g/mol. The molecule has 0 aliphatic carbocycles. The van der Waals surface area contributed by atoms with Crippen LogP contribution in [-0.4, -0.2) is 26.8 Å². The molecule has 0 radical (unpaired) electrons. The number of carbonyl (C=O) groups is 1. The Labute approximate surface area is 155 Å². The summed E-state index contributed by atoms with van der Waals surface area (Å²) >= 11 is 0. The van der Waals surface area contributed by atoms with Crippen molar-refractivity contribution in [2.75, 3.05) is 26.1 Å². The fourth-order valence-electron chi connectivity index (χ4n) is 2.78. The Kier molecular flexibility index (Phi) is 7.33. The van der Waals surface area contributed by atoms with E-state index in [1.165, 1.54) is 0 Å². The van der Waals surface area contributed by atoms with Crippen LogP contribution in [-0.2, 0) is 6.42 Å². The lowest BCUT2D eigenvalue weighted by Gasteiger charge is -2.16. The number of para-hydroxylation sites is 1. The van der Waals surface area contributed by atoms with E-state index in [1.807, 2.05) is 36.4 Å². The molecule has 2 N–H and O–H groups in total. The van der Waals surface area contributed by atoms with Gasteiger partial charge in [0.1, 0.15) is 0 Å².